The molecule has 0 saturated heterocycles. The standard InChI is InChI=1S/C10H9Cl2N3/c1-7-10(6-11)13-14-15(7)9-4-2-3-8(12)5-9/h2-5H,6H2,1H3. The lowest BCUT2D eigenvalue weighted by Crippen LogP contribution is -1.99. The van der Waals surface area contributed by atoms with E-state index in [0.29, 0.717) is 10.9 Å². The Morgan fingerprint density at radius 2 is 2.20 bits per heavy atom. The van der Waals surface area contributed by atoms with Gasteiger partial charge in [-0.15, -0.1) is 16.7 Å². The van der Waals surface area contributed by atoms with Gasteiger partial charge in [-0.25, -0.2) is 4.68 Å². The molecule has 0 amide bonds. The molecule has 0 N–H and O–H groups in total. The summed E-state index contributed by atoms with van der Waals surface area (Å²) in [4.78, 5) is 0. The van der Waals surface area contributed by atoms with Crippen molar-refractivity contribution in [2.24, 2.45) is 0 Å². The molecule has 0 spiro atoms. The quantitative estimate of drug-likeness (QED) is 0.758. The van der Waals surface area contributed by atoms with Crippen molar-refractivity contribution in [2.75, 3.05) is 0 Å². The van der Waals surface area contributed by atoms with E-state index < -0.39 is 0 Å². The first kappa shape index (κ1) is 10.5. The van der Waals surface area contributed by atoms with Gasteiger partial charge in [-0.2, -0.15) is 0 Å². The number of benzene rings is 1. The van der Waals surface area contributed by atoms with E-state index in [-0.39, 0.29) is 0 Å². The summed E-state index contributed by atoms with van der Waals surface area (Å²) >= 11 is 11.6. The zero-order valence-electron chi connectivity index (χ0n) is 8.11. The summed E-state index contributed by atoms with van der Waals surface area (Å²) in [6.07, 6.45) is 0. The van der Waals surface area contributed by atoms with E-state index in [9.17, 15) is 0 Å². The van der Waals surface area contributed by atoms with Crippen molar-refractivity contribution >= 4 is 23.2 Å². The lowest BCUT2D eigenvalue weighted by Gasteiger charge is -2.03. The van der Waals surface area contributed by atoms with Gasteiger partial charge in [0.15, 0.2) is 0 Å². The Kier molecular flexibility index (Phi) is 2.93. The summed E-state index contributed by atoms with van der Waals surface area (Å²) in [5, 5.41) is 8.68. The first-order valence-corrected chi connectivity index (χ1v) is 5.36. The molecule has 2 rings (SSSR count). The summed E-state index contributed by atoms with van der Waals surface area (Å²) in [5.74, 6) is 0.367. The van der Waals surface area contributed by atoms with Gasteiger partial charge in [-0.1, -0.05) is 22.9 Å². The van der Waals surface area contributed by atoms with E-state index >= 15 is 0 Å². The Morgan fingerprint density at radius 3 is 2.80 bits per heavy atom. The van der Waals surface area contributed by atoms with Crippen LogP contribution < -0.4 is 0 Å². The molecule has 0 radical (unpaired) electrons. The second-order valence-electron chi connectivity index (χ2n) is 3.15. The van der Waals surface area contributed by atoms with E-state index in [4.69, 9.17) is 23.2 Å². The highest BCUT2D eigenvalue weighted by atomic mass is 35.5. The molecule has 0 aliphatic carbocycles. The van der Waals surface area contributed by atoms with Gasteiger partial charge in [0, 0.05) is 5.02 Å². The molecule has 0 bridgehead atoms. The molecule has 5 heteroatoms. The summed E-state index contributed by atoms with van der Waals surface area (Å²) < 4.78 is 1.73. The van der Waals surface area contributed by atoms with Gasteiger partial charge < -0.3 is 0 Å². The summed E-state index contributed by atoms with van der Waals surface area (Å²) in [6.45, 7) is 1.93. The fourth-order valence-electron chi connectivity index (χ4n) is 1.34. The maximum absolute atomic E-state index is 5.90. The van der Waals surface area contributed by atoms with Crippen LogP contribution in [-0.4, -0.2) is 15.0 Å². The van der Waals surface area contributed by atoms with Crippen molar-refractivity contribution in [1.29, 1.82) is 0 Å². The number of aromatic nitrogens is 3. The molecule has 1 aromatic heterocycles. The van der Waals surface area contributed by atoms with Crippen LogP contribution in [0.3, 0.4) is 0 Å². The van der Waals surface area contributed by atoms with Crippen molar-refractivity contribution in [3.8, 4) is 5.69 Å². The van der Waals surface area contributed by atoms with Crippen LogP contribution in [-0.2, 0) is 5.88 Å². The van der Waals surface area contributed by atoms with E-state index in [0.717, 1.165) is 17.1 Å². The molecule has 15 heavy (non-hydrogen) atoms. The highest BCUT2D eigenvalue weighted by molar-refractivity contribution is 6.30. The molecule has 0 aliphatic heterocycles. The minimum absolute atomic E-state index is 0.367. The zero-order chi connectivity index (χ0) is 10.8. The maximum atomic E-state index is 5.90. The van der Waals surface area contributed by atoms with Crippen LogP contribution in [0.4, 0.5) is 0 Å². The van der Waals surface area contributed by atoms with Crippen LogP contribution in [0.1, 0.15) is 11.4 Å². The Hall–Kier alpha value is -1.06. The summed E-state index contributed by atoms with van der Waals surface area (Å²) in [5.41, 5.74) is 2.62. The Labute approximate surface area is 97.6 Å². The zero-order valence-corrected chi connectivity index (χ0v) is 9.63. The number of hydrogen-bond acceptors (Lipinski definition) is 2. The van der Waals surface area contributed by atoms with E-state index in [1.165, 1.54) is 0 Å². The highest BCUT2D eigenvalue weighted by Crippen LogP contribution is 2.17. The Balaban J connectivity index is 2.49. The number of hydrogen-bond donors (Lipinski definition) is 0. The first-order chi connectivity index (χ1) is 7.22. The highest BCUT2D eigenvalue weighted by Gasteiger charge is 2.08. The number of nitrogens with zero attached hydrogens (tertiary/aromatic N) is 3. The minimum Gasteiger partial charge on any atom is -0.218 e. The van der Waals surface area contributed by atoms with Crippen molar-refractivity contribution < 1.29 is 0 Å². The Bertz CT molecular complexity index is 479. The van der Waals surface area contributed by atoms with Crippen LogP contribution in [0.5, 0.6) is 0 Å². The molecule has 0 fully saturated rings. The van der Waals surface area contributed by atoms with Crippen LogP contribution in [0.2, 0.25) is 5.02 Å². The molecule has 0 unspecified atom stereocenters. The number of halogens is 2. The molecular formula is C10H9Cl2N3. The molecule has 0 aliphatic rings. The van der Waals surface area contributed by atoms with Crippen molar-refractivity contribution in [3.05, 3.63) is 40.7 Å². The predicted octanol–water partition coefficient (Wildman–Crippen LogP) is 2.97. The average molecular weight is 242 g/mol. The third-order valence-electron chi connectivity index (χ3n) is 2.17. The fourth-order valence-corrected chi connectivity index (χ4v) is 1.77. The topological polar surface area (TPSA) is 30.7 Å². The Morgan fingerprint density at radius 1 is 1.40 bits per heavy atom. The molecule has 0 atom stereocenters. The lowest BCUT2D eigenvalue weighted by atomic mass is 10.3. The average Bonchev–Trinajstić information content (AvgIpc) is 2.59. The van der Waals surface area contributed by atoms with E-state index in [1.807, 2.05) is 31.2 Å². The normalized spacial score (nSPS) is 10.6. The fraction of sp³-hybridized carbons (Fsp3) is 0.200. The van der Waals surface area contributed by atoms with Gasteiger partial charge in [0.25, 0.3) is 0 Å². The van der Waals surface area contributed by atoms with Gasteiger partial charge in [-0.3, -0.25) is 0 Å². The summed E-state index contributed by atoms with van der Waals surface area (Å²) in [6, 6.07) is 7.45. The second kappa shape index (κ2) is 4.21. The summed E-state index contributed by atoms with van der Waals surface area (Å²) in [7, 11) is 0. The monoisotopic (exact) mass is 241 g/mol. The van der Waals surface area contributed by atoms with Gasteiger partial charge in [-0.05, 0) is 25.1 Å². The second-order valence-corrected chi connectivity index (χ2v) is 3.85. The predicted molar refractivity (Wildman–Crippen MR) is 60.7 cm³/mol. The molecule has 3 nitrogen and oxygen atoms in total. The molecular weight excluding hydrogens is 233 g/mol. The van der Waals surface area contributed by atoms with Gasteiger partial charge in [0.1, 0.15) is 5.69 Å². The van der Waals surface area contributed by atoms with E-state index in [1.54, 1.807) is 4.68 Å². The maximum Gasteiger partial charge on any atom is 0.101 e. The number of alkyl halides is 1. The van der Waals surface area contributed by atoms with Gasteiger partial charge in [0.2, 0.25) is 0 Å². The third kappa shape index (κ3) is 1.98. The smallest absolute Gasteiger partial charge is 0.101 e. The third-order valence-corrected chi connectivity index (χ3v) is 2.66. The molecule has 1 aromatic carbocycles. The minimum atomic E-state index is 0.367. The van der Waals surface area contributed by atoms with Crippen LogP contribution >= 0.6 is 23.2 Å². The first-order valence-electron chi connectivity index (χ1n) is 4.45. The van der Waals surface area contributed by atoms with Gasteiger partial charge in [0.05, 0.1) is 17.3 Å². The molecule has 78 valence electrons. The van der Waals surface area contributed by atoms with Crippen LogP contribution in [0.25, 0.3) is 5.69 Å². The van der Waals surface area contributed by atoms with Crippen molar-refractivity contribution in [1.82, 2.24) is 15.0 Å². The SMILES string of the molecule is Cc1c(CCl)nnn1-c1cccc(Cl)c1. The molecule has 0 saturated carbocycles. The van der Waals surface area contributed by atoms with Crippen LogP contribution in [0.15, 0.2) is 24.3 Å². The largest absolute Gasteiger partial charge is 0.218 e. The van der Waals surface area contributed by atoms with Gasteiger partial charge >= 0.3 is 0 Å². The lowest BCUT2D eigenvalue weighted by molar-refractivity contribution is 0.784. The van der Waals surface area contributed by atoms with Crippen molar-refractivity contribution in [2.45, 2.75) is 12.8 Å². The molecule has 1 heterocycles. The van der Waals surface area contributed by atoms with Crippen molar-refractivity contribution in [3.63, 3.8) is 0 Å². The number of rotatable bonds is 2. The van der Waals surface area contributed by atoms with Crippen LogP contribution in [0, 0.1) is 6.92 Å². The molecule has 2 aromatic rings. The van der Waals surface area contributed by atoms with E-state index in [2.05, 4.69) is 10.3 Å².